The number of carbonyl (C=O) groups excluding carboxylic acids is 1. The molecule has 0 bridgehead atoms. The Hall–Kier alpha value is -2.55. The van der Waals surface area contributed by atoms with Crippen LogP contribution in [0.5, 0.6) is 0 Å². The highest BCUT2D eigenvalue weighted by atomic mass is 19.4. The quantitative estimate of drug-likeness (QED) is 0.839. The van der Waals surface area contributed by atoms with Gasteiger partial charge in [-0.2, -0.15) is 18.4 Å². The summed E-state index contributed by atoms with van der Waals surface area (Å²) >= 11 is 0. The second kappa shape index (κ2) is 5.82. The van der Waals surface area contributed by atoms with Crippen molar-refractivity contribution in [2.45, 2.75) is 38.3 Å². The third-order valence-electron chi connectivity index (χ3n) is 4.47. The van der Waals surface area contributed by atoms with Crippen molar-refractivity contribution in [1.29, 1.82) is 5.26 Å². The number of benzene rings is 1. The van der Waals surface area contributed by atoms with Crippen LogP contribution in [-0.2, 0) is 11.0 Å². The number of alkyl halides is 3. The third kappa shape index (κ3) is 2.60. The minimum Gasteiger partial charge on any atom is -0.361 e. The molecule has 6 heteroatoms. The fraction of sp³-hybridized carbons (Fsp3) is 0.333. The fourth-order valence-electron chi connectivity index (χ4n) is 3.45. The van der Waals surface area contributed by atoms with E-state index in [2.05, 4.69) is 5.32 Å². The average molecular weight is 332 g/mol. The first kappa shape index (κ1) is 16.3. The average Bonchev–Trinajstić information content (AvgIpc) is 2.53. The molecule has 1 aliphatic carbocycles. The van der Waals surface area contributed by atoms with Gasteiger partial charge in [0, 0.05) is 23.4 Å². The summed E-state index contributed by atoms with van der Waals surface area (Å²) in [6.07, 6.45) is -2.99. The first-order chi connectivity index (χ1) is 11.3. The van der Waals surface area contributed by atoms with Crippen molar-refractivity contribution in [3.63, 3.8) is 0 Å². The summed E-state index contributed by atoms with van der Waals surface area (Å²) in [5, 5.41) is 12.5. The molecule has 124 valence electrons. The van der Waals surface area contributed by atoms with Crippen LogP contribution in [0.1, 0.15) is 43.2 Å². The Bertz CT molecular complexity index is 812. The molecule has 0 fully saturated rings. The predicted molar refractivity (Wildman–Crippen MR) is 81.5 cm³/mol. The van der Waals surface area contributed by atoms with Crippen LogP contribution in [-0.4, -0.2) is 5.78 Å². The number of allylic oxidation sites excluding steroid dienone is 4. The molecule has 2 aliphatic rings. The summed E-state index contributed by atoms with van der Waals surface area (Å²) in [5.41, 5.74) is 0.784. The van der Waals surface area contributed by atoms with Gasteiger partial charge in [0.25, 0.3) is 0 Å². The van der Waals surface area contributed by atoms with E-state index in [9.17, 15) is 23.2 Å². The highest BCUT2D eigenvalue weighted by molar-refractivity contribution is 5.99. The van der Waals surface area contributed by atoms with Crippen molar-refractivity contribution < 1.29 is 18.0 Å². The summed E-state index contributed by atoms with van der Waals surface area (Å²) in [5.74, 6) is -1.15. The van der Waals surface area contributed by atoms with Crippen LogP contribution in [0.4, 0.5) is 13.2 Å². The van der Waals surface area contributed by atoms with E-state index in [0.29, 0.717) is 36.2 Å². The molecule has 1 atom stereocenters. The maximum absolute atomic E-state index is 13.4. The van der Waals surface area contributed by atoms with Gasteiger partial charge in [-0.25, -0.2) is 0 Å². The van der Waals surface area contributed by atoms with Crippen LogP contribution >= 0.6 is 0 Å². The van der Waals surface area contributed by atoms with E-state index in [1.54, 1.807) is 6.92 Å². The van der Waals surface area contributed by atoms with Crippen molar-refractivity contribution in [3.8, 4) is 6.07 Å². The van der Waals surface area contributed by atoms with Crippen LogP contribution in [0, 0.1) is 11.3 Å². The zero-order valence-corrected chi connectivity index (χ0v) is 13.0. The Morgan fingerprint density at radius 3 is 2.62 bits per heavy atom. The number of dihydropyridines is 1. The summed E-state index contributed by atoms with van der Waals surface area (Å²) < 4.78 is 40.3. The summed E-state index contributed by atoms with van der Waals surface area (Å²) in [6.45, 7) is 1.66. The predicted octanol–water partition coefficient (Wildman–Crippen LogP) is 4.20. The molecular weight excluding hydrogens is 317 g/mol. The minimum atomic E-state index is -4.55. The number of hydrogen-bond donors (Lipinski definition) is 1. The maximum atomic E-state index is 13.4. The van der Waals surface area contributed by atoms with Gasteiger partial charge in [0.2, 0.25) is 0 Å². The molecule has 24 heavy (non-hydrogen) atoms. The van der Waals surface area contributed by atoms with E-state index < -0.39 is 17.7 Å². The second-order valence-corrected chi connectivity index (χ2v) is 5.96. The number of ketones is 1. The van der Waals surface area contributed by atoms with E-state index in [0.717, 1.165) is 6.07 Å². The first-order valence-electron chi connectivity index (χ1n) is 7.65. The van der Waals surface area contributed by atoms with Gasteiger partial charge in [-0.3, -0.25) is 4.79 Å². The van der Waals surface area contributed by atoms with Gasteiger partial charge >= 0.3 is 6.18 Å². The standard InChI is InChI=1S/C18H15F3N2O/c1-10-12(9-22)16(17-14(23-10)7-4-8-15(17)24)11-5-2-3-6-13(11)18(19,20)21/h2-3,5-6,16,23H,4,7-8H2,1H3/t16-/m0/s1. The molecule has 1 heterocycles. The van der Waals surface area contributed by atoms with Crippen LogP contribution in [0.2, 0.25) is 0 Å². The molecule has 0 unspecified atom stereocenters. The van der Waals surface area contributed by atoms with Gasteiger partial charge in [-0.1, -0.05) is 18.2 Å². The number of nitrogens with zero attached hydrogens (tertiary/aromatic N) is 1. The van der Waals surface area contributed by atoms with Crippen LogP contribution < -0.4 is 5.32 Å². The zero-order valence-electron chi connectivity index (χ0n) is 13.0. The fourth-order valence-corrected chi connectivity index (χ4v) is 3.45. The molecule has 0 aromatic heterocycles. The maximum Gasteiger partial charge on any atom is 0.416 e. The molecule has 0 saturated heterocycles. The molecule has 1 aliphatic heterocycles. The molecule has 3 rings (SSSR count). The zero-order chi connectivity index (χ0) is 17.5. The SMILES string of the molecule is CC1=C(C#N)[C@H](c2ccccc2C(F)(F)F)C2=C(CCCC2=O)N1. The van der Waals surface area contributed by atoms with Crippen molar-refractivity contribution >= 4 is 5.78 Å². The first-order valence-corrected chi connectivity index (χ1v) is 7.65. The molecule has 3 nitrogen and oxygen atoms in total. The Morgan fingerprint density at radius 1 is 1.25 bits per heavy atom. The summed E-state index contributed by atoms with van der Waals surface area (Å²) in [7, 11) is 0. The monoisotopic (exact) mass is 332 g/mol. The number of halogens is 3. The lowest BCUT2D eigenvalue weighted by Crippen LogP contribution is -2.32. The molecule has 1 aromatic rings. The lowest BCUT2D eigenvalue weighted by atomic mass is 9.74. The molecule has 0 saturated carbocycles. The van der Waals surface area contributed by atoms with Crippen molar-refractivity contribution in [1.82, 2.24) is 5.32 Å². The van der Waals surface area contributed by atoms with Gasteiger partial charge in [0.15, 0.2) is 5.78 Å². The normalized spacial score (nSPS) is 21.3. The molecular formula is C18H15F3N2O. The Morgan fingerprint density at radius 2 is 1.96 bits per heavy atom. The van der Waals surface area contributed by atoms with Crippen molar-refractivity contribution in [2.75, 3.05) is 0 Å². The van der Waals surface area contributed by atoms with Gasteiger partial charge < -0.3 is 5.32 Å². The highest BCUT2D eigenvalue weighted by Crippen LogP contribution is 2.45. The van der Waals surface area contributed by atoms with Gasteiger partial charge in [-0.15, -0.1) is 0 Å². The molecule has 1 N–H and O–H groups in total. The Kier molecular flexibility index (Phi) is 3.96. The van der Waals surface area contributed by atoms with E-state index >= 15 is 0 Å². The van der Waals surface area contributed by atoms with Crippen LogP contribution in [0.15, 0.2) is 46.8 Å². The topological polar surface area (TPSA) is 52.9 Å². The van der Waals surface area contributed by atoms with Gasteiger partial charge in [0.05, 0.1) is 23.1 Å². The van der Waals surface area contributed by atoms with E-state index in [4.69, 9.17) is 0 Å². The van der Waals surface area contributed by atoms with Crippen LogP contribution in [0.3, 0.4) is 0 Å². The van der Waals surface area contributed by atoms with Crippen molar-refractivity contribution in [2.24, 2.45) is 0 Å². The second-order valence-electron chi connectivity index (χ2n) is 5.96. The van der Waals surface area contributed by atoms with E-state index in [1.807, 2.05) is 6.07 Å². The summed E-state index contributed by atoms with van der Waals surface area (Å²) in [6, 6.07) is 7.17. The lowest BCUT2D eigenvalue weighted by molar-refractivity contribution is -0.138. The number of nitrogens with one attached hydrogen (secondary N) is 1. The molecule has 0 radical (unpaired) electrons. The van der Waals surface area contributed by atoms with Crippen molar-refractivity contribution in [3.05, 3.63) is 57.9 Å². The molecule has 1 aromatic carbocycles. The number of Topliss-reactive ketones (excluding diaryl/α,β-unsaturated/α-hetero) is 1. The Balaban J connectivity index is 2.27. The number of rotatable bonds is 1. The Labute approximate surface area is 137 Å². The third-order valence-corrected chi connectivity index (χ3v) is 4.47. The molecule has 0 amide bonds. The highest BCUT2D eigenvalue weighted by Gasteiger charge is 2.41. The minimum absolute atomic E-state index is 0.0369. The van der Waals surface area contributed by atoms with Gasteiger partial charge in [0.1, 0.15) is 0 Å². The molecule has 0 spiro atoms. The lowest BCUT2D eigenvalue weighted by Gasteiger charge is -2.33. The van der Waals surface area contributed by atoms with E-state index in [-0.39, 0.29) is 16.9 Å². The van der Waals surface area contributed by atoms with Gasteiger partial charge in [-0.05, 0) is 31.4 Å². The number of hydrogen-bond acceptors (Lipinski definition) is 3. The number of nitriles is 1. The summed E-state index contributed by atoms with van der Waals surface area (Å²) in [4.78, 5) is 12.4. The smallest absolute Gasteiger partial charge is 0.361 e. The largest absolute Gasteiger partial charge is 0.416 e. The van der Waals surface area contributed by atoms with E-state index in [1.165, 1.54) is 18.2 Å². The van der Waals surface area contributed by atoms with Crippen LogP contribution in [0.25, 0.3) is 0 Å². The number of carbonyl (C=O) groups is 1.